The van der Waals surface area contributed by atoms with E-state index >= 15 is 0 Å². The van der Waals surface area contributed by atoms with Gasteiger partial charge in [-0.05, 0) is 19.4 Å². The number of nitrogens with one attached hydrogen (secondary N) is 2. The number of carbonyl (C=O) groups excluding carboxylic acids is 1. The third-order valence-corrected chi connectivity index (χ3v) is 3.60. The highest BCUT2D eigenvalue weighted by atomic mass is 16.5. The zero-order chi connectivity index (χ0) is 16.0. The Morgan fingerprint density at radius 1 is 1.45 bits per heavy atom. The van der Waals surface area contributed by atoms with Crippen molar-refractivity contribution >= 4 is 5.91 Å². The molecule has 0 aliphatic carbocycles. The summed E-state index contributed by atoms with van der Waals surface area (Å²) in [4.78, 5) is 16.2. The molecule has 0 fully saturated rings. The lowest BCUT2D eigenvalue weighted by Crippen LogP contribution is -2.29. The molecule has 0 radical (unpaired) electrons. The van der Waals surface area contributed by atoms with E-state index < -0.39 is 0 Å². The molecule has 6 heteroatoms. The quantitative estimate of drug-likeness (QED) is 0.782. The number of nitrogens with zero attached hydrogens (tertiary/aromatic N) is 2. The fourth-order valence-corrected chi connectivity index (χ4v) is 2.19. The maximum absolute atomic E-state index is 11.8. The Bertz CT molecular complexity index is 528. The van der Waals surface area contributed by atoms with Crippen LogP contribution in [0.1, 0.15) is 51.7 Å². The average molecular weight is 306 g/mol. The van der Waals surface area contributed by atoms with Gasteiger partial charge in [0.05, 0.1) is 0 Å². The molecular weight excluding hydrogens is 280 g/mol. The second-order valence-corrected chi connectivity index (χ2v) is 6.71. The first-order valence-electron chi connectivity index (χ1n) is 7.93. The van der Waals surface area contributed by atoms with Crippen molar-refractivity contribution in [3.05, 3.63) is 23.4 Å². The highest BCUT2D eigenvalue weighted by Crippen LogP contribution is 2.18. The first-order valence-corrected chi connectivity index (χ1v) is 7.93. The molecule has 2 heterocycles. The third-order valence-electron chi connectivity index (χ3n) is 3.60. The van der Waals surface area contributed by atoms with Crippen molar-refractivity contribution in [2.24, 2.45) is 0 Å². The van der Waals surface area contributed by atoms with Gasteiger partial charge in [-0.25, -0.2) is 0 Å². The van der Waals surface area contributed by atoms with Crippen molar-refractivity contribution in [3.8, 4) is 0 Å². The highest BCUT2D eigenvalue weighted by molar-refractivity contribution is 5.76. The molecule has 122 valence electrons. The molecular formula is C16H26N4O2. The molecule has 1 aliphatic heterocycles. The molecule has 0 aromatic carbocycles. The van der Waals surface area contributed by atoms with Crippen LogP contribution in [0.2, 0.25) is 0 Å². The molecule has 2 N–H and O–H groups in total. The van der Waals surface area contributed by atoms with Gasteiger partial charge in [-0.2, -0.15) is 4.98 Å². The van der Waals surface area contributed by atoms with Gasteiger partial charge < -0.3 is 15.2 Å². The summed E-state index contributed by atoms with van der Waals surface area (Å²) in [6.07, 6.45) is 5.01. The minimum Gasteiger partial charge on any atom is -0.352 e. The van der Waals surface area contributed by atoms with Gasteiger partial charge in [0, 0.05) is 31.3 Å². The van der Waals surface area contributed by atoms with Crippen molar-refractivity contribution in [1.29, 1.82) is 0 Å². The summed E-state index contributed by atoms with van der Waals surface area (Å²) >= 11 is 0. The van der Waals surface area contributed by atoms with E-state index in [1.165, 1.54) is 5.57 Å². The van der Waals surface area contributed by atoms with Crippen molar-refractivity contribution in [2.75, 3.05) is 19.6 Å². The van der Waals surface area contributed by atoms with E-state index in [2.05, 4.69) is 26.9 Å². The van der Waals surface area contributed by atoms with Gasteiger partial charge in [-0.3, -0.25) is 4.79 Å². The molecule has 0 saturated carbocycles. The van der Waals surface area contributed by atoms with Crippen LogP contribution >= 0.6 is 0 Å². The van der Waals surface area contributed by atoms with Crippen molar-refractivity contribution < 1.29 is 9.32 Å². The number of aryl methyl sites for hydroxylation is 1. The molecule has 22 heavy (non-hydrogen) atoms. The Hall–Kier alpha value is -1.69. The Labute approximate surface area is 131 Å². The molecule has 1 amide bonds. The molecule has 0 spiro atoms. The van der Waals surface area contributed by atoms with Crippen LogP contribution in [0, 0.1) is 0 Å². The zero-order valence-corrected chi connectivity index (χ0v) is 13.7. The van der Waals surface area contributed by atoms with E-state index in [-0.39, 0.29) is 11.3 Å². The van der Waals surface area contributed by atoms with Gasteiger partial charge >= 0.3 is 0 Å². The molecule has 1 aromatic heterocycles. The zero-order valence-electron chi connectivity index (χ0n) is 13.7. The Balaban J connectivity index is 1.66. The Morgan fingerprint density at radius 3 is 2.91 bits per heavy atom. The van der Waals surface area contributed by atoms with E-state index in [4.69, 9.17) is 4.52 Å². The van der Waals surface area contributed by atoms with Crippen LogP contribution in [0.15, 0.2) is 16.2 Å². The van der Waals surface area contributed by atoms with Crippen molar-refractivity contribution in [1.82, 2.24) is 20.8 Å². The maximum atomic E-state index is 11.8. The van der Waals surface area contributed by atoms with E-state index in [0.717, 1.165) is 25.9 Å². The lowest BCUT2D eigenvalue weighted by Gasteiger charge is -2.14. The summed E-state index contributed by atoms with van der Waals surface area (Å²) in [5.74, 6) is 1.40. The molecule has 6 nitrogen and oxygen atoms in total. The number of hydrogen-bond donors (Lipinski definition) is 2. The first-order chi connectivity index (χ1) is 10.4. The van der Waals surface area contributed by atoms with Gasteiger partial charge in [-0.15, -0.1) is 0 Å². The van der Waals surface area contributed by atoms with Crippen molar-refractivity contribution in [3.63, 3.8) is 0 Å². The summed E-state index contributed by atoms with van der Waals surface area (Å²) in [7, 11) is 0. The average Bonchev–Trinajstić information content (AvgIpc) is 2.95. The number of aromatic nitrogens is 2. The fourth-order valence-electron chi connectivity index (χ4n) is 2.19. The topological polar surface area (TPSA) is 80.0 Å². The van der Waals surface area contributed by atoms with E-state index in [9.17, 15) is 4.79 Å². The maximum Gasteiger partial charge on any atom is 0.226 e. The highest BCUT2D eigenvalue weighted by Gasteiger charge is 2.20. The predicted octanol–water partition coefficient (Wildman–Crippen LogP) is 1.73. The Kier molecular flexibility index (Phi) is 5.71. The monoisotopic (exact) mass is 306 g/mol. The molecule has 0 atom stereocenters. The van der Waals surface area contributed by atoms with Crippen LogP contribution in [0.4, 0.5) is 0 Å². The van der Waals surface area contributed by atoms with Crippen LogP contribution < -0.4 is 10.6 Å². The third kappa shape index (κ3) is 5.26. The molecule has 0 unspecified atom stereocenters. The van der Waals surface area contributed by atoms with Crippen molar-refractivity contribution in [2.45, 2.75) is 51.9 Å². The minimum atomic E-state index is -0.109. The Morgan fingerprint density at radius 2 is 2.27 bits per heavy atom. The lowest BCUT2D eigenvalue weighted by molar-refractivity contribution is -0.121. The molecule has 2 rings (SSSR count). The summed E-state index contributed by atoms with van der Waals surface area (Å²) < 4.78 is 5.22. The normalized spacial score (nSPS) is 15.5. The minimum absolute atomic E-state index is 0.0787. The standard InChI is InChI=1S/C16H26N4O2/c1-16(2,3)15-19-14(22-20-15)6-4-5-13(21)18-11-12-7-9-17-10-8-12/h7,17H,4-6,8-11H2,1-3H3,(H,18,21). The van der Waals surface area contributed by atoms with Crippen LogP contribution in [0.3, 0.4) is 0 Å². The van der Waals surface area contributed by atoms with Gasteiger partial charge in [-0.1, -0.05) is 37.6 Å². The molecule has 1 aliphatic rings. The summed E-state index contributed by atoms with van der Waals surface area (Å²) in [6.45, 7) is 8.70. The number of hydrogen-bond acceptors (Lipinski definition) is 5. The molecule has 0 saturated heterocycles. The largest absolute Gasteiger partial charge is 0.352 e. The fraction of sp³-hybridized carbons (Fsp3) is 0.688. The van der Waals surface area contributed by atoms with Gasteiger partial charge in [0.2, 0.25) is 11.8 Å². The van der Waals surface area contributed by atoms with E-state index in [1.807, 2.05) is 20.8 Å². The van der Waals surface area contributed by atoms with E-state index in [0.29, 0.717) is 31.1 Å². The number of amides is 1. The summed E-state index contributed by atoms with van der Waals surface area (Å²) in [5.41, 5.74) is 1.20. The second-order valence-electron chi connectivity index (χ2n) is 6.71. The lowest BCUT2D eigenvalue weighted by atomic mass is 9.96. The second kappa shape index (κ2) is 7.54. The smallest absolute Gasteiger partial charge is 0.226 e. The van der Waals surface area contributed by atoms with Gasteiger partial charge in [0.25, 0.3) is 0 Å². The number of carbonyl (C=O) groups is 1. The summed E-state index contributed by atoms with van der Waals surface area (Å²) in [5, 5.41) is 10.2. The molecule has 1 aromatic rings. The van der Waals surface area contributed by atoms with Gasteiger partial charge in [0.15, 0.2) is 5.82 Å². The molecule has 0 bridgehead atoms. The van der Waals surface area contributed by atoms with E-state index in [1.54, 1.807) is 0 Å². The first kappa shape index (κ1) is 16.7. The summed E-state index contributed by atoms with van der Waals surface area (Å²) in [6, 6.07) is 0. The van der Waals surface area contributed by atoms with Crippen LogP contribution in [-0.2, 0) is 16.6 Å². The predicted molar refractivity (Wildman–Crippen MR) is 84.5 cm³/mol. The SMILES string of the molecule is CC(C)(C)c1noc(CCCC(=O)NCC2=CCNCC2)n1. The van der Waals surface area contributed by atoms with Crippen LogP contribution in [0.25, 0.3) is 0 Å². The van der Waals surface area contributed by atoms with Crippen LogP contribution in [-0.4, -0.2) is 35.7 Å². The number of rotatable bonds is 6. The van der Waals surface area contributed by atoms with Gasteiger partial charge in [0.1, 0.15) is 0 Å². The van der Waals surface area contributed by atoms with Crippen LogP contribution in [0.5, 0.6) is 0 Å².